The Morgan fingerprint density at radius 1 is 0.931 bits per heavy atom. The van der Waals surface area contributed by atoms with Crippen LogP contribution in [0.4, 0.5) is 0 Å². The molecule has 0 aromatic heterocycles. The highest BCUT2D eigenvalue weighted by molar-refractivity contribution is 6.03. The second kappa shape index (κ2) is 8.76. The number of methoxy groups -OCH3 is 1. The largest absolute Gasteiger partial charge is 0.497 e. The molecule has 3 aromatic rings. The molecule has 150 valence electrons. The van der Waals surface area contributed by atoms with E-state index in [1.807, 2.05) is 43.3 Å². The summed E-state index contributed by atoms with van der Waals surface area (Å²) in [6.45, 7) is 6.83. The van der Waals surface area contributed by atoms with Crippen LogP contribution in [0.25, 0.3) is 10.8 Å². The van der Waals surface area contributed by atoms with Gasteiger partial charge in [-0.25, -0.2) is 0 Å². The van der Waals surface area contributed by atoms with Crippen LogP contribution in [0.1, 0.15) is 22.8 Å². The molecule has 1 fully saturated rings. The summed E-state index contributed by atoms with van der Waals surface area (Å²) in [5.41, 5.74) is 2.12. The first kappa shape index (κ1) is 19.6. The van der Waals surface area contributed by atoms with Crippen molar-refractivity contribution in [2.45, 2.75) is 19.5 Å². The van der Waals surface area contributed by atoms with Crippen LogP contribution in [0.2, 0.25) is 0 Å². The number of carbonyl (C=O) groups excluding carboxylic acids is 1. The molecule has 1 saturated heterocycles. The van der Waals surface area contributed by atoms with Crippen molar-refractivity contribution in [2.75, 3.05) is 33.3 Å². The van der Waals surface area contributed by atoms with Crippen LogP contribution >= 0.6 is 0 Å². The molecule has 0 N–H and O–H groups in total. The van der Waals surface area contributed by atoms with E-state index in [9.17, 15) is 4.79 Å². The molecule has 1 aliphatic rings. The summed E-state index contributed by atoms with van der Waals surface area (Å²) >= 11 is 0. The molecule has 1 aliphatic heterocycles. The maximum Gasteiger partial charge on any atom is 0.179 e. The molecule has 4 nitrogen and oxygen atoms in total. The van der Waals surface area contributed by atoms with Crippen molar-refractivity contribution >= 4 is 16.6 Å². The number of nitrogens with zero attached hydrogens (tertiary/aromatic N) is 2. The third kappa shape index (κ3) is 4.50. The van der Waals surface area contributed by atoms with E-state index in [1.54, 1.807) is 7.11 Å². The molecular formula is C25H28N2O2. The Bertz CT molecular complexity index is 979. The summed E-state index contributed by atoms with van der Waals surface area (Å²) in [7, 11) is 1.67. The van der Waals surface area contributed by atoms with Crippen LogP contribution in [-0.4, -0.2) is 54.9 Å². The molecule has 0 spiro atoms. The fourth-order valence-electron chi connectivity index (χ4n) is 4.06. The molecule has 0 bridgehead atoms. The predicted octanol–water partition coefficient (Wildman–Crippen LogP) is 4.24. The first-order valence-corrected chi connectivity index (χ1v) is 10.3. The van der Waals surface area contributed by atoms with E-state index in [0.717, 1.165) is 54.8 Å². The van der Waals surface area contributed by atoms with Gasteiger partial charge in [-0.2, -0.15) is 0 Å². The topological polar surface area (TPSA) is 32.8 Å². The summed E-state index contributed by atoms with van der Waals surface area (Å²) in [5.74, 6) is 1.03. The van der Waals surface area contributed by atoms with Crippen molar-refractivity contribution in [3.05, 3.63) is 77.9 Å². The molecule has 1 heterocycles. The van der Waals surface area contributed by atoms with Crippen LogP contribution < -0.4 is 4.74 Å². The van der Waals surface area contributed by atoms with Gasteiger partial charge in [0.2, 0.25) is 0 Å². The van der Waals surface area contributed by atoms with E-state index in [4.69, 9.17) is 4.74 Å². The molecule has 29 heavy (non-hydrogen) atoms. The Labute approximate surface area is 172 Å². The molecular weight excluding hydrogens is 360 g/mol. The minimum absolute atomic E-state index is 0.107. The number of Topliss-reactive ketones (excluding diaryl/α,β-unsaturated/α-hetero) is 1. The first-order chi connectivity index (χ1) is 14.1. The summed E-state index contributed by atoms with van der Waals surface area (Å²) < 4.78 is 5.29. The fraction of sp³-hybridized carbons (Fsp3) is 0.320. The Hall–Kier alpha value is -2.69. The van der Waals surface area contributed by atoms with Crippen molar-refractivity contribution in [1.82, 2.24) is 9.80 Å². The second-order valence-corrected chi connectivity index (χ2v) is 7.77. The van der Waals surface area contributed by atoms with E-state index in [1.165, 1.54) is 5.56 Å². The number of piperazine rings is 1. The molecule has 3 aromatic carbocycles. The molecule has 0 radical (unpaired) electrons. The highest BCUT2D eigenvalue weighted by Gasteiger charge is 2.26. The van der Waals surface area contributed by atoms with Gasteiger partial charge in [-0.1, -0.05) is 48.5 Å². The molecule has 4 heteroatoms. The summed E-state index contributed by atoms with van der Waals surface area (Å²) in [6, 6.07) is 22.4. The quantitative estimate of drug-likeness (QED) is 0.592. The number of ether oxygens (including phenoxy) is 1. The lowest BCUT2D eigenvalue weighted by atomic mass is 9.99. The van der Waals surface area contributed by atoms with Gasteiger partial charge in [-0.15, -0.1) is 0 Å². The Morgan fingerprint density at radius 2 is 1.62 bits per heavy atom. The van der Waals surface area contributed by atoms with Crippen LogP contribution in [0.3, 0.4) is 0 Å². The van der Waals surface area contributed by atoms with E-state index in [-0.39, 0.29) is 11.8 Å². The molecule has 0 saturated carbocycles. The highest BCUT2D eigenvalue weighted by atomic mass is 16.5. The third-order valence-corrected chi connectivity index (χ3v) is 5.91. The lowest BCUT2D eigenvalue weighted by Gasteiger charge is -2.37. The summed E-state index contributed by atoms with van der Waals surface area (Å²) in [4.78, 5) is 17.9. The van der Waals surface area contributed by atoms with Crippen LogP contribution in [-0.2, 0) is 6.54 Å². The van der Waals surface area contributed by atoms with Gasteiger partial charge in [-0.3, -0.25) is 14.6 Å². The van der Waals surface area contributed by atoms with Gasteiger partial charge in [0.05, 0.1) is 13.2 Å². The summed E-state index contributed by atoms with van der Waals surface area (Å²) in [5, 5.41) is 2.15. The van der Waals surface area contributed by atoms with Gasteiger partial charge >= 0.3 is 0 Å². The number of hydrogen-bond acceptors (Lipinski definition) is 4. The normalized spacial score (nSPS) is 16.6. The zero-order valence-corrected chi connectivity index (χ0v) is 17.2. The fourth-order valence-corrected chi connectivity index (χ4v) is 4.06. The molecule has 0 amide bonds. The van der Waals surface area contributed by atoms with Gasteiger partial charge in [0.25, 0.3) is 0 Å². The Morgan fingerprint density at radius 3 is 2.34 bits per heavy atom. The Kier molecular flexibility index (Phi) is 5.93. The number of benzene rings is 3. The van der Waals surface area contributed by atoms with E-state index < -0.39 is 0 Å². The molecule has 1 atom stereocenters. The zero-order valence-electron chi connectivity index (χ0n) is 17.2. The van der Waals surface area contributed by atoms with Gasteiger partial charge in [-0.05, 0) is 41.5 Å². The van der Waals surface area contributed by atoms with Gasteiger partial charge in [0.1, 0.15) is 5.75 Å². The van der Waals surface area contributed by atoms with Gasteiger partial charge in [0, 0.05) is 38.3 Å². The maximum absolute atomic E-state index is 13.1. The van der Waals surface area contributed by atoms with Crippen molar-refractivity contribution in [3.8, 4) is 5.75 Å². The van der Waals surface area contributed by atoms with Crippen molar-refractivity contribution in [3.63, 3.8) is 0 Å². The standard InChI is InChI=1S/C25H28N2O2/c1-19(27-14-12-26(13-15-27)18-20-6-4-3-5-7-20)25(28)23-9-8-22-17-24(29-2)11-10-21(22)16-23/h3-11,16-17,19H,12-15,18H2,1-2H3. The predicted molar refractivity (Wildman–Crippen MR) is 118 cm³/mol. The second-order valence-electron chi connectivity index (χ2n) is 7.77. The highest BCUT2D eigenvalue weighted by Crippen LogP contribution is 2.23. The van der Waals surface area contributed by atoms with Gasteiger partial charge in [0.15, 0.2) is 5.78 Å². The van der Waals surface area contributed by atoms with Crippen molar-refractivity contribution < 1.29 is 9.53 Å². The molecule has 1 unspecified atom stereocenters. The van der Waals surface area contributed by atoms with Crippen LogP contribution in [0.15, 0.2) is 66.7 Å². The van der Waals surface area contributed by atoms with Crippen molar-refractivity contribution in [1.29, 1.82) is 0 Å². The molecule has 0 aliphatic carbocycles. The maximum atomic E-state index is 13.1. The van der Waals surface area contributed by atoms with E-state index in [0.29, 0.717) is 0 Å². The number of fused-ring (bicyclic) bond motifs is 1. The number of carbonyl (C=O) groups is 1. The number of hydrogen-bond donors (Lipinski definition) is 0. The van der Waals surface area contributed by atoms with Crippen LogP contribution in [0.5, 0.6) is 5.75 Å². The lowest BCUT2D eigenvalue weighted by Crippen LogP contribution is -2.51. The average Bonchev–Trinajstić information content (AvgIpc) is 2.78. The monoisotopic (exact) mass is 388 g/mol. The smallest absolute Gasteiger partial charge is 0.179 e. The Balaban J connectivity index is 1.39. The SMILES string of the molecule is COc1ccc2cc(C(=O)C(C)N3CCN(Cc4ccccc4)CC3)ccc2c1. The minimum atomic E-state index is -0.107. The first-order valence-electron chi connectivity index (χ1n) is 10.3. The zero-order chi connectivity index (χ0) is 20.2. The lowest BCUT2D eigenvalue weighted by molar-refractivity contribution is 0.0687. The average molecular weight is 389 g/mol. The number of ketones is 1. The van der Waals surface area contributed by atoms with E-state index >= 15 is 0 Å². The molecule has 4 rings (SSSR count). The minimum Gasteiger partial charge on any atom is -0.497 e. The van der Waals surface area contributed by atoms with Crippen molar-refractivity contribution in [2.24, 2.45) is 0 Å². The summed E-state index contributed by atoms with van der Waals surface area (Å²) in [6.07, 6.45) is 0. The van der Waals surface area contributed by atoms with Gasteiger partial charge < -0.3 is 4.74 Å². The number of rotatable bonds is 6. The van der Waals surface area contributed by atoms with E-state index in [2.05, 4.69) is 40.1 Å². The third-order valence-electron chi connectivity index (χ3n) is 5.91. The van der Waals surface area contributed by atoms with Crippen LogP contribution in [0, 0.1) is 0 Å².